The van der Waals surface area contributed by atoms with Crippen LogP contribution in [0.2, 0.25) is 0 Å². The van der Waals surface area contributed by atoms with Crippen LogP contribution in [-0.4, -0.2) is 100 Å². The van der Waals surface area contributed by atoms with E-state index in [4.69, 9.17) is 5.73 Å². The molecule has 4 atom stereocenters. The summed E-state index contributed by atoms with van der Waals surface area (Å²) in [6.07, 6.45) is 1.56. The minimum atomic E-state index is -1.26. The Morgan fingerprint density at radius 2 is 1.79 bits per heavy atom. The molecule has 13 nitrogen and oxygen atoms in total. The number of rotatable bonds is 15. The molecule has 13 heteroatoms. The normalized spacial score (nSPS) is 18.3. The molecule has 0 saturated carbocycles. The number of hydrogen-bond donors (Lipinski definition) is 7. The van der Waals surface area contributed by atoms with Crippen molar-refractivity contribution in [3.63, 3.8) is 0 Å². The number of carboxylic acids is 2. The number of nitrogens with two attached hydrogens (primary N) is 1. The lowest BCUT2D eigenvalue weighted by atomic mass is 10.1. The number of hydrogen-bond acceptors (Lipinski definition) is 8. The first-order valence-corrected chi connectivity index (χ1v) is 11.0. The molecule has 33 heavy (non-hydrogen) atoms. The molecule has 1 aliphatic heterocycles. The molecular formula is C20H35N5O8. The molecule has 3 amide bonds. The number of nitrogens with one attached hydrogen (secondary N) is 3. The number of carbonyl (C=O) groups is 5. The second kappa shape index (κ2) is 14.4. The summed E-state index contributed by atoms with van der Waals surface area (Å²) < 4.78 is 0. The van der Waals surface area contributed by atoms with Gasteiger partial charge in [-0.05, 0) is 38.6 Å². The van der Waals surface area contributed by atoms with Crippen molar-refractivity contribution >= 4 is 29.7 Å². The molecule has 0 spiro atoms. The highest BCUT2D eigenvalue weighted by Gasteiger charge is 2.38. The summed E-state index contributed by atoms with van der Waals surface area (Å²) >= 11 is 0. The van der Waals surface area contributed by atoms with Crippen molar-refractivity contribution in [3.05, 3.63) is 0 Å². The number of aliphatic hydroxyl groups is 1. The number of unbranched alkanes of at least 4 members (excludes halogenated alkanes) is 1. The van der Waals surface area contributed by atoms with Crippen molar-refractivity contribution in [3.8, 4) is 0 Å². The monoisotopic (exact) mass is 473 g/mol. The van der Waals surface area contributed by atoms with Gasteiger partial charge in [0.15, 0.2) is 0 Å². The highest BCUT2D eigenvalue weighted by Crippen LogP contribution is 2.20. The van der Waals surface area contributed by atoms with Gasteiger partial charge in [-0.2, -0.15) is 0 Å². The van der Waals surface area contributed by atoms with Crippen LogP contribution >= 0.6 is 0 Å². The molecule has 0 bridgehead atoms. The van der Waals surface area contributed by atoms with Gasteiger partial charge in [0, 0.05) is 20.0 Å². The van der Waals surface area contributed by atoms with Gasteiger partial charge in [-0.25, -0.2) is 4.79 Å². The van der Waals surface area contributed by atoms with Gasteiger partial charge in [-0.3, -0.25) is 19.2 Å². The average molecular weight is 474 g/mol. The highest BCUT2D eigenvalue weighted by atomic mass is 16.4. The molecule has 0 aromatic heterocycles. The van der Waals surface area contributed by atoms with E-state index in [9.17, 15) is 39.3 Å². The zero-order valence-electron chi connectivity index (χ0n) is 18.8. The largest absolute Gasteiger partial charge is 0.481 e. The molecule has 8 N–H and O–H groups in total. The van der Waals surface area contributed by atoms with Crippen molar-refractivity contribution in [1.29, 1.82) is 0 Å². The molecule has 1 saturated heterocycles. The minimum absolute atomic E-state index is 0.0829. The summed E-state index contributed by atoms with van der Waals surface area (Å²) in [6.45, 7) is 1.38. The van der Waals surface area contributed by atoms with Gasteiger partial charge >= 0.3 is 11.9 Å². The van der Waals surface area contributed by atoms with E-state index in [1.807, 2.05) is 0 Å². The fourth-order valence-corrected chi connectivity index (χ4v) is 3.68. The van der Waals surface area contributed by atoms with Crippen LogP contribution in [0.4, 0.5) is 0 Å². The summed E-state index contributed by atoms with van der Waals surface area (Å²) in [6, 6.07) is -3.99. The minimum Gasteiger partial charge on any atom is -0.481 e. The maximum absolute atomic E-state index is 13.1. The maximum atomic E-state index is 13.1. The van der Waals surface area contributed by atoms with Crippen LogP contribution in [0, 0.1) is 0 Å². The topological polar surface area (TPSA) is 211 Å². The van der Waals surface area contributed by atoms with E-state index in [-0.39, 0.29) is 19.5 Å². The van der Waals surface area contributed by atoms with Gasteiger partial charge in [0.2, 0.25) is 17.7 Å². The summed E-state index contributed by atoms with van der Waals surface area (Å²) in [5.41, 5.74) is 5.51. The van der Waals surface area contributed by atoms with Crippen LogP contribution in [0.3, 0.4) is 0 Å². The Bertz CT molecular complexity index is 704. The Kier molecular flexibility index (Phi) is 12.3. The maximum Gasteiger partial charge on any atom is 0.326 e. The van der Waals surface area contributed by atoms with Gasteiger partial charge in [0.25, 0.3) is 0 Å². The molecule has 0 aromatic carbocycles. The Labute approximate surface area is 192 Å². The predicted octanol–water partition coefficient (Wildman–Crippen LogP) is -2.39. The SMILES string of the molecule is CC(=O)N[C@@H](CO)CN[C@@H](CC(=O)O)C(=O)N[C@@H](CCCCN)C(=O)N1CCC[C@H]1C(=O)O. The number of carbonyl (C=O) groups excluding carboxylic acids is 3. The Morgan fingerprint density at radius 3 is 2.33 bits per heavy atom. The van der Waals surface area contributed by atoms with Crippen LogP contribution in [0.1, 0.15) is 45.4 Å². The second-order valence-electron chi connectivity index (χ2n) is 8.01. The summed E-state index contributed by atoms with van der Waals surface area (Å²) in [5.74, 6) is -4.08. The van der Waals surface area contributed by atoms with E-state index in [0.29, 0.717) is 32.2 Å². The van der Waals surface area contributed by atoms with Gasteiger partial charge in [0.1, 0.15) is 12.1 Å². The molecule has 1 rings (SSSR count). The molecule has 0 unspecified atom stereocenters. The zero-order chi connectivity index (χ0) is 25.0. The van der Waals surface area contributed by atoms with Crippen LogP contribution in [0.5, 0.6) is 0 Å². The van der Waals surface area contributed by atoms with Crippen molar-refractivity contribution in [2.75, 3.05) is 26.2 Å². The third-order valence-electron chi connectivity index (χ3n) is 5.32. The fraction of sp³-hybridized carbons (Fsp3) is 0.750. The summed E-state index contributed by atoms with van der Waals surface area (Å²) in [7, 11) is 0. The molecule has 0 aliphatic carbocycles. The van der Waals surface area contributed by atoms with E-state index in [0.717, 1.165) is 0 Å². The standard InChI is InChI=1S/C20H35N5O8/c1-12(27)23-13(11-26)10-22-15(9-17(28)29)18(30)24-14(5-2-3-7-21)19(31)25-8-4-6-16(25)20(32)33/h13-16,22,26H,2-11,21H2,1H3,(H,23,27)(H,24,30)(H,28,29)(H,32,33)/t13-,14+,15+,16+/m1/s1. The zero-order valence-corrected chi connectivity index (χ0v) is 18.8. The Morgan fingerprint density at radius 1 is 1.09 bits per heavy atom. The molecule has 188 valence electrons. The number of aliphatic hydroxyl groups excluding tert-OH is 1. The third kappa shape index (κ3) is 9.72. The Hall–Kier alpha value is -2.77. The van der Waals surface area contributed by atoms with E-state index < -0.39 is 66.9 Å². The first-order valence-electron chi connectivity index (χ1n) is 11.0. The number of carboxylic acid groups (broad SMARTS) is 2. The van der Waals surface area contributed by atoms with Crippen molar-refractivity contribution in [2.45, 2.75) is 69.6 Å². The highest BCUT2D eigenvalue weighted by molar-refractivity contribution is 5.93. The number of nitrogens with zero attached hydrogens (tertiary/aromatic N) is 1. The second-order valence-corrected chi connectivity index (χ2v) is 8.01. The quantitative estimate of drug-likeness (QED) is 0.125. The van der Waals surface area contributed by atoms with Gasteiger partial charge in [-0.1, -0.05) is 0 Å². The lowest BCUT2D eigenvalue weighted by Gasteiger charge is -2.29. The van der Waals surface area contributed by atoms with Crippen molar-refractivity contribution in [2.24, 2.45) is 5.73 Å². The molecule has 0 aromatic rings. The summed E-state index contributed by atoms with van der Waals surface area (Å²) in [5, 5.41) is 35.7. The van der Waals surface area contributed by atoms with E-state index in [1.165, 1.54) is 11.8 Å². The van der Waals surface area contributed by atoms with E-state index in [2.05, 4.69) is 16.0 Å². The lowest BCUT2D eigenvalue weighted by Crippen LogP contribution is -2.56. The molecule has 0 radical (unpaired) electrons. The number of amides is 3. The number of aliphatic carboxylic acids is 2. The molecule has 1 aliphatic rings. The van der Waals surface area contributed by atoms with Crippen LogP contribution in [0.15, 0.2) is 0 Å². The van der Waals surface area contributed by atoms with Crippen molar-refractivity contribution in [1.82, 2.24) is 20.9 Å². The van der Waals surface area contributed by atoms with Gasteiger partial charge in [0.05, 0.1) is 25.1 Å². The lowest BCUT2D eigenvalue weighted by molar-refractivity contribution is -0.149. The summed E-state index contributed by atoms with van der Waals surface area (Å²) in [4.78, 5) is 61.1. The van der Waals surface area contributed by atoms with Crippen molar-refractivity contribution < 1.29 is 39.3 Å². The average Bonchev–Trinajstić information content (AvgIpc) is 3.24. The molecule has 1 heterocycles. The smallest absolute Gasteiger partial charge is 0.326 e. The van der Waals surface area contributed by atoms with Crippen LogP contribution < -0.4 is 21.7 Å². The first-order chi connectivity index (χ1) is 15.6. The molecular weight excluding hydrogens is 438 g/mol. The Balaban J connectivity index is 2.94. The first kappa shape index (κ1) is 28.3. The fourth-order valence-electron chi connectivity index (χ4n) is 3.68. The number of likely N-dealkylation sites (tertiary alicyclic amines) is 1. The predicted molar refractivity (Wildman–Crippen MR) is 116 cm³/mol. The molecule has 1 fully saturated rings. The third-order valence-corrected chi connectivity index (χ3v) is 5.32. The van der Waals surface area contributed by atoms with E-state index in [1.54, 1.807) is 0 Å². The van der Waals surface area contributed by atoms with E-state index >= 15 is 0 Å². The van der Waals surface area contributed by atoms with Crippen LogP contribution in [-0.2, 0) is 24.0 Å². The van der Waals surface area contributed by atoms with Gasteiger partial charge in [-0.15, -0.1) is 0 Å². The van der Waals surface area contributed by atoms with Gasteiger partial charge < -0.3 is 41.9 Å². The van der Waals surface area contributed by atoms with Crippen LogP contribution in [0.25, 0.3) is 0 Å².